The summed E-state index contributed by atoms with van der Waals surface area (Å²) in [6.45, 7) is 6.52. The molecule has 0 saturated heterocycles. The second-order valence-electron chi connectivity index (χ2n) is 7.80. The molecule has 0 bridgehead atoms. The molecule has 0 saturated carbocycles. The van der Waals surface area contributed by atoms with Crippen LogP contribution in [0.2, 0.25) is 0 Å². The molecule has 0 aromatic heterocycles. The van der Waals surface area contributed by atoms with E-state index in [0.29, 0.717) is 44.1 Å². The lowest BCUT2D eigenvalue weighted by molar-refractivity contribution is -0.129. The Hall–Kier alpha value is -3.23. The van der Waals surface area contributed by atoms with E-state index in [4.69, 9.17) is 14.6 Å². The number of amides is 1. The fourth-order valence-corrected chi connectivity index (χ4v) is 3.55. The molecule has 1 amide bonds. The smallest absolute Gasteiger partial charge is 0.266 e. The first kappa shape index (κ1) is 24.4. The molecule has 0 spiro atoms. The third-order valence-electron chi connectivity index (χ3n) is 5.41. The summed E-state index contributed by atoms with van der Waals surface area (Å²) >= 11 is 0. The third-order valence-corrected chi connectivity index (χ3v) is 5.41. The maximum absolute atomic E-state index is 13.3. The van der Waals surface area contributed by atoms with Crippen LogP contribution in [0.3, 0.4) is 0 Å². The zero-order valence-corrected chi connectivity index (χ0v) is 18.7. The molecule has 33 heavy (non-hydrogen) atoms. The first-order valence-corrected chi connectivity index (χ1v) is 11.0. The van der Waals surface area contributed by atoms with E-state index in [0.717, 1.165) is 11.1 Å². The maximum atomic E-state index is 13.3. The Bertz CT molecular complexity index is 980. The minimum atomic E-state index is -1.15. The van der Waals surface area contributed by atoms with Gasteiger partial charge in [-0.05, 0) is 55.3 Å². The van der Waals surface area contributed by atoms with E-state index in [1.807, 2.05) is 18.2 Å². The molecular weight excluding hydrogens is 425 g/mol. The van der Waals surface area contributed by atoms with Crippen LogP contribution in [-0.4, -0.2) is 48.3 Å². The van der Waals surface area contributed by atoms with E-state index < -0.39 is 11.6 Å². The maximum Gasteiger partial charge on any atom is 0.266 e. The minimum absolute atomic E-state index is 0.0771. The zero-order chi connectivity index (χ0) is 23.7. The summed E-state index contributed by atoms with van der Waals surface area (Å²) in [5, 5.41) is 8.85. The van der Waals surface area contributed by atoms with Crippen LogP contribution in [0.4, 0.5) is 4.39 Å². The second-order valence-corrected chi connectivity index (χ2v) is 7.80. The highest BCUT2D eigenvalue weighted by atomic mass is 19.1. The average Bonchev–Trinajstić information content (AvgIpc) is 3.15. The van der Waals surface area contributed by atoms with Gasteiger partial charge in [-0.3, -0.25) is 10.2 Å². The lowest BCUT2D eigenvalue weighted by atomic mass is 9.90. The van der Waals surface area contributed by atoms with Crippen molar-refractivity contribution in [1.82, 2.24) is 10.9 Å². The molecule has 0 radical (unpaired) electrons. The number of aliphatic imine (C=N–C) groups is 1. The van der Waals surface area contributed by atoms with E-state index >= 15 is 0 Å². The van der Waals surface area contributed by atoms with Crippen molar-refractivity contribution in [2.75, 3.05) is 19.8 Å². The predicted octanol–water partition coefficient (Wildman–Crippen LogP) is 2.93. The Morgan fingerprint density at radius 3 is 2.82 bits per heavy atom. The normalized spacial score (nSPS) is 19.5. The fraction of sp³-hybridized carbons (Fsp3) is 0.360. The summed E-state index contributed by atoms with van der Waals surface area (Å²) in [5.74, 6) is 0.440. The number of aliphatic hydroxyl groups is 1. The first-order chi connectivity index (χ1) is 16.0. The number of benzene rings is 2. The lowest BCUT2D eigenvalue weighted by Gasteiger charge is -2.26. The number of nitrogens with one attached hydrogen (secondary N) is 2. The number of ether oxygens (including phenoxy) is 2. The van der Waals surface area contributed by atoms with Crippen LogP contribution in [0.15, 0.2) is 66.2 Å². The fourth-order valence-electron chi connectivity index (χ4n) is 3.55. The molecule has 2 aromatic rings. The van der Waals surface area contributed by atoms with Gasteiger partial charge in [0.15, 0.2) is 5.54 Å². The van der Waals surface area contributed by atoms with Crippen LogP contribution in [0, 0.1) is 5.82 Å². The largest absolute Gasteiger partial charge is 0.494 e. The molecular formula is C25H30FN3O4. The van der Waals surface area contributed by atoms with Crippen LogP contribution in [0.5, 0.6) is 5.75 Å². The number of carbonyl (C=O) groups excluding carboxylic acids is 1. The highest BCUT2D eigenvalue weighted by Crippen LogP contribution is 2.32. The molecule has 0 fully saturated rings. The van der Waals surface area contributed by atoms with Gasteiger partial charge in [0.2, 0.25) is 5.90 Å². The van der Waals surface area contributed by atoms with E-state index in [2.05, 4.69) is 22.4 Å². The predicted molar refractivity (Wildman–Crippen MR) is 125 cm³/mol. The zero-order valence-electron chi connectivity index (χ0n) is 18.7. The average molecular weight is 456 g/mol. The van der Waals surface area contributed by atoms with Crippen molar-refractivity contribution in [1.29, 1.82) is 0 Å². The summed E-state index contributed by atoms with van der Waals surface area (Å²) in [6.07, 6.45) is 2.56. The number of nitrogens with zero attached hydrogens (tertiary/aromatic N) is 1. The number of hydrogen-bond donors (Lipinski definition) is 3. The molecule has 0 aliphatic carbocycles. The number of halogens is 1. The molecule has 1 heterocycles. The molecule has 2 atom stereocenters. The summed E-state index contributed by atoms with van der Waals surface area (Å²) in [4.78, 5) is 17.8. The number of rotatable bonds is 12. The van der Waals surface area contributed by atoms with Gasteiger partial charge in [0.05, 0.1) is 6.61 Å². The summed E-state index contributed by atoms with van der Waals surface area (Å²) in [7, 11) is 0. The van der Waals surface area contributed by atoms with E-state index in [-0.39, 0.29) is 18.3 Å². The van der Waals surface area contributed by atoms with Crippen LogP contribution in [0.25, 0.3) is 0 Å². The number of aliphatic hydroxyl groups excluding tert-OH is 1. The van der Waals surface area contributed by atoms with Gasteiger partial charge in [-0.25, -0.2) is 14.8 Å². The van der Waals surface area contributed by atoms with Gasteiger partial charge in [0, 0.05) is 31.6 Å². The molecule has 7 nitrogen and oxygen atoms in total. The lowest BCUT2D eigenvalue weighted by Crippen LogP contribution is -2.54. The topological polar surface area (TPSA) is 92.2 Å². The number of hydrazine groups is 1. The van der Waals surface area contributed by atoms with Gasteiger partial charge in [-0.15, -0.1) is 6.58 Å². The minimum Gasteiger partial charge on any atom is -0.494 e. The standard InChI is InChI=1S/C25H30FN3O4/c1-3-13-25(24(31)29-27-14-12-19-6-4-7-21(26)17-19)18(2)33-23(28-25)20-8-10-22(11-9-20)32-16-5-15-30/h3-4,6-11,17-18,27,30H,1,5,12-16H2,2H3,(H,29,31)/t18-,25-/m0/s1. The van der Waals surface area contributed by atoms with Crippen molar-refractivity contribution in [3.8, 4) is 5.75 Å². The van der Waals surface area contributed by atoms with Crippen molar-refractivity contribution in [3.05, 3.63) is 78.1 Å². The van der Waals surface area contributed by atoms with Crippen LogP contribution in [0.1, 0.15) is 30.9 Å². The molecule has 1 aliphatic rings. The van der Waals surface area contributed by atoms with Gasteiger partial charge in [-0.1, -0.05) is 18.2 Å². The Morgan fingerprint density at radius 2 is 2.12 bits per heavy atom. The Morgan fingerprint density at radius 1 is 1.33 bits per heavy atom. The summed E-state index contributed by atoms with van der Waals surface area (Å²) in [5.41, 5.74) is 6.03. The van der Waals surface area contributed by atoms with Gasteiger partial charge >= 0.3 is 0 Å². The molecule has 176 valence electrons. The van der Waals surface area contributed by atoms with Crippen molar-refractivity contribution in [3.63, 3.8) is 0 Å². The molecule has 8 heteroatoms. The van der Waals surface area contributed by atoms with Crippen LogP contribution < -0.4 is 15.6 Å². The quantitative estimate of drug-likeness (QED) is 0.260. The van der Waals surface area contributed by atoms with Gasteiger partial charge < -0.3 is 14.6 Å². The van der Waals surface area contributed by atoms with E-state index in [1.165, 1.54) is 12.1 Å². The van der Waals surface area contributed by atoms with Crippen molar-refractivity contribution >= 4 is 11.8 Å². The SMILES string of the molecule is C=CC[C@]1(C(=O)NNCCc2cccc(F)c2)N=C(c2ccc(OCCCO)cc2)O[C@H]1C. The van der Waals surface area contributed by atoms with Crippen molar-refractivity contribution in [2.45, 2.75) is 37.8 Å². The molecule has 3 N–H and O–H groups in total. The van der Waals surface area contributed by atoms with Crippen molar-refractivity contribution < 1.29 is 23.8 Å². The highest BCUT2D eigenvalue weighted by Gasteiger charge is 2.49. The Kier molecular flexibility index (Phi) is 8.57. The summed E-state index contributed by atoms with van der Waals surface area (Å²) in [6, 6.07) is 13.6. The molecule has 3 rings (SSSR count). The first-order valence-electron chi connectivity index (χ1n) is 11.0. The second kappa shape index (κ2) is 11.6. The summed E-state index contributed by atoms with van der Waals surface area (Å²) < 4.78 is 24.8. The molecule has 1 aliphatic heterocycles. The number of hydrogen-bond acceptors (Lipinski definition) is 6. The van der Waals surface area contributed by atoms with Gasteiger partial charge in [0.25, 0.3) is 5.91 Å². The number of carbonyl (C=O) groups is 1. The molecule has 0 unspecified atom stereocenters. The Labute approximate surface area is 193 Å². The highest BCUT2D eigenvalue weighted by molar-refractivity contribution is 6.00. The van der Waals surface area contributed by atoms with Crippen LogP contribution >= 0.6 is 0 Å². The van der Waals surface area contributed by atoms with Crippen LogP contribution in [-0.2, 0) is 16.0 Å². The van der Waals surface area contributed by atoms with Crippen molar-refractivity contribution in [2.24, 2.45) is 4.99 Å². The molecule has 2 aromatic carbocycles. The van der Waals surface area contributed by atoms with E-state index in [9.17, 15) is 9.18 Å². The monoisotopic (exact) mass is 455 g/mol. The Balaban J connectivity index is 1.64. The third kappa shape index (κ3) is 6.18. The van der Waals surface area contributed by atoms with Gasteiger partial charge in [0.1, 0.15) is 17.7 Å². The van der Waals surface area contributed by atoms with E-state index in [1.54, 1.807) is 31.2 Å². The van der Waals surface area contributed by atoms with Gasteiger partial charge in [-0.2, -0.15) is 0 Å².